The lowest BCUT2D eigenvalue weighted by atomic mass is 10.1. The molecule has 0 unspecified atom stereocenters. The number of carboxylic acid groups (broad SMARTS) is 1. The molecule has 4 fully saturated rings. The molecule has 21 nitrogen and oxygen atoms in total. The van der Waals surface area contributed by atoms with Crippen molar-refractivity contribution in [2.75, 3.05) is 66.1 Å². The lowest BCUT2D eigenvalue weighted by Crippen LogP contribution is -2.36. The zero-order valence-corrected chi connectivity index (χ0v) is 45.6. The Morgan fingerprint density at radius 1 is 0.407 bits per heavy atom. The normalized spacial score (nSPS) is 21.0. The van der Waals surface area contributed by atoms with Gasteiger partial charge in [-0.25, -0.2) is 28.8 Å². The van der Waals surface area contributed by atoms with Crippen LogP contribution in [-0.2, 0) is 57.0 Å². The molecule has 0 aliphatic carbocycles. The van der Waals surface area contributed by atoms with Gasteiger partial charge < -0.3 is 72.2 Å². The third-order valence-electron chi connectivity index (χ3n) is 12.9. The van der Waals surface area contributed by atoms with Crippen LogP contribution in [0, 0.1) is 0 Å². The predicted molar refractivity (Wildman–Crippen MR) is 291 cm³/mol. The van der Waals surface area contributed by atoms with E-state index in [-0.39, 0.29) is 50.2 Å². The second-order valence-electron chi connectivity index (χ2n) is 19.0. The van der Waals surface area contributed by atoms with Crippen LogP contribution in [-0.4, -0.2) is 166 Å². The van der Waals surface area contributed by atoms with E-state index in [4.69, 9.17) is 72.2 Å². The standard InChI is InChI=1S/C38H46O12.C16H20O5.C6H10O4/c1-3-33(39)45-23-11-7-5-9-21-43-29-17-13-27(14-18-29)37(41)49-31-25-47-36-32(26-48-35(31)36)50-38(42)28-15-19-30(20-16-28)44-22-10-6-8-12-24-46-34(40)4-2;1-2-15(17)21-12-6-4-3-5-11-20-14-9-7-13(8-10-14)16(18)19;7-3-1-9-6-4(8)2-10-5(3)6/h3-4,13-20,31-32,35-36H,1-2,5-12,21-26H2;2,7-10H,1,3-6,11-12H2,(H,18,19);3-8H,1-2H2/t31-,32+,35-,36-;;3-,4+,5-,6-/m0.0/s1. The molecule has 3 aromatic rings. The number of esters is 5. The average molecular weight is 1130 g/mol. The third kappa shape index (κ3) is 23.1. The zero-order chi connectivity index (χ0) is 58.2. The van der Waals surface area contributed by atoms with E-state index in [1.807, 2.05) is 0 Å². The van der Waals surface area contributed by atoms with Crippen LogP contribution in [0.15, 0.2) is 111 Å². The molecule has 3 aromatic carbocycles. The molecule has 4 heterocycles. The minimum Gasteiger partial charge on any atom is -0.494 e. The van der Waals surface area contributed by atoms with Crippen molar-refractivity contribution in [2.24, 2.45) is 0 Å². The summed E-state index contributed by atoms with van der Waals surface area (Å²) in [6, 6.07) is 19.8. The Kier molecular flexibility index (Phi) is 29.0. The molecule has 8 atom stereocenters. The first kappa shape index (κ1) is 64.7. The third-order valence-corrected chi connectivity index (χ3v) is 12.9. The van der Waals surface area contributed by atoms with Gasteiger partial charge in [0.15, 0.2) is 12.2 Å². The molecule has 21 heteroatoms. The maximum absolute atomic E-state index is 12.9. The summed E-state index contributed by atoms with van der Waals surface area (Å²) in [5.41, 5.74) is 0.982. The van der Waals surface area contributed by atoms with Crippen LogP contribution in [0.2, 0.25) is 0 Å². The van der Waals surface area contributed by atoms with Crippen LogP contribution >= 0.6 is 0 Å². The number of hydrogen-bond acceptors (Lipinski definition) is 20. The number of fused-ring (bicyclic) bond motifs is 2. The maximum Gasteiger partial charge on any atom is 0.338 e. The highest BCUT2D eigenvalue weighted by atomic mass is 16.7. The molecule has 3 N–H and O–H groups in total. The fraction of sp³-hybridized carbons (Fsp3) is 0.500. The number of aliphatic hydroxyl groups excluding tert-OH is 2. The van der Waals surface area contributed by atoms with Crippen molar-refractivity contribution in [3.63, 3.8) is 0 Å². The predicted octanol–water partition coefficient (Wildman–Crippen LogP) is 7.13. The minimum absolute atomic E-state index is 0.127. The Morgan fingerprint density at radius 3 is 0.988 bits per heavy atom. The molecular weight excluding hydrogens is 1060 g/mol. The molecule has 0 aromatic heterocycles. The number of aromatic carboxylic acids is 1. The number of ether oxygens (including phenoxy) is 12. The molecule has 7 rings (SSSR count). The SMILES string of the molecule is C=CC(=O)OCCCCCCOc1ccc(C(=O)O)cc1.C=CC(=O)OCCCCCCOc1ccc(C(=O)O[C@H]2CO[C@@H]3[C@H]2OC[C@H]3OC(=O)c2ccc(OCCCCCCOC(=O)C=C)cc2)cc1.O[C@@H]1CO[C@@H]2[C@H]1OC[C@@H]2O. The van der Waals surface area contributed by atoms with Crippen LogP contribution in [0.4, 0.5) is 0 Å². The first-order valence-corrected chi connectivity index (χ1v) is 27.3. The van der Waals surface area contributed by atoms with Gasteiger partial charge >= 0.3 is 35.8 Å². The van der Waals surface area contributed by atoms with E-state index in [1.165, 1.54) is 12.1 Å². The Morgan fingerprint density at radius 2 is 0.691 bits per heavy atom. The minimum atomic E-state index is -0.946. The number of carboxylic acids is 1. The highest BCUT2D eigenvalue weighted by Gasteiger charge is 2.51. The quantitative estimate of drug-likeness (QED) is 0.0243. The van der Waals surface area contributed by atoms with Gasteiger partial charge in [-0.2, -0.15) is 0 Å². The number of hydrogen-bond donors (Lipinski definition) is 3. The van der Waals surface area contributed by atoms with Crippen molar-refractivity contribution >= 4 is 35.8 Å². The van der Waals surface area contributed by atoms with E-state index in [1.54, 1.807) is 60.7 Å². The number of unbranched alkanes of at least 4 members (excludes halogenated alkanes) is 9. The second kappa shape index (κ2) is 36.3. The van der Waals surface area contributed by atoms with Crippen LogP contribution in [0.25, 0.3) is 0 Å². The van der Waals surface area contributed by atoms with Crippen LogP contribution < -0.4 is 14.2 Å². The molecule has 4 saturated heterocycles. The highest BCUT2D eigenvalue weighted by molar-refractivity contribution is 5.90. The van der Waals surface area contributed by atoms with E-state index in [0.29, 0.717) is 68.0 Å². The molecule has 81 heavy (non-hydrogen) atoms. The molecule has 0 bridgehead atoms. The zero-order valence-electron chi connectivity index (χ0n) is 45.6. The summed E-state index contributed by atoms with van der Waals surface area (Å²) in [6.45, 7) is 13.7. The number of aliphatic hydroxyl groups is 2. The molecular formula is C60H76O21. The van der Waals surface area contributed by atoms with Crippen molar-refractivity contribution < 1.29 is 101 Å². The van der Waals surface area contributed by atoms with E-state index in [2.05, 4.69) is 19.7 Å². The summed E-state index contributed by atoms with van der Waals surface area (Å²) in [4.78, 5) is 69.2. The molecule has 0 amide bonds. The summed E-state index contributed by atoms with van der Waals surface area (Å²) in [7, 11) is 0. The highest BCUT2D eigenvalue weighted by Crippen LogP contribution is 2.32. The molecule has 0 spiro atoms. The fourth-order valence-electron chi connectivity index (χ4n) is 8.51. The average Bonchev–Trinajstić information content (AvgIpc) is 4.30. The first-order chi connectivity index (χ1) is 39.3. The van der Waals surface area contributed by atoms with Gasteiger partial charge in [-0.15, -0.1) is 0 Å². The molecule has 442 valence electrons. The van der Waals surface area contributed by atoms with Crippen LogP contribution in [0.3, 0.4) is 0 Å². The smallest absolute Gasteiger partial charge is 0.338 e. The summed E-state index contributed by atoms with van der Waals surface area (Å²) < 4.78 is 65.1. The molecule has 0 radical (unpaired) electrons. The largest absolute Gasteiger partial charge is 0.494 e. The first-order valence-electron chi connectivity index (χ1n) is 27.3. The molecule has 4 aliphatic rings. The fourth-order valence-corrected chi connectivity index (χ4v) is 8.51. The Labute approximate surface area is 472 Å². The van der Waals surface area contributed by atoms with Crippen molar-refractivity contribution in [3.05, 3.63) is 127 Å². The summed E-state index contributed by atoms with van der Waals surface area (Å²) >= 11 is 0. The Balaban J connectivity index is 0.000000314. The van der Waals surface area contributed by atoms with Crippen molar-refractivity contribution in [2.45, 2.75) is 126 Å². The second-order valence-corrected chi connectivity index (χ2v) is 19.0. The van der Waals surface area contributed by atoms with E-state index in [9.17, 15) is 28.8 Å². The van der Waals surface area contributed by atoms with Crippen LogP contribution in [0.1, 0.15) is 108 Å². The molecule has 0 saturated carbocycles. The van der Waals surface area contributed by atoms with Gasteiger partial charge in [-0.3, -0.25) is 0 Å². The summed E-state index contributed by atoms with van der Waals surface area (Å²) in [5, 5.41) is 27.1. The number of carbonyl (C=O) groups excluding carboxylic acids is 5. The van der Waals surface area contributed by atoms with Gasteiger partial charge in [0, 0.05) is 18.2 Å². The van der Waals surface area contributed by atoms with Gasteiger partial charge in [0.2, 0.25) is 0 Å². The number of rotatable bonds is 32. The van der Waals surface area contributed by atoms with Gasteiger partial charge in [0.05, 0.1) is 82.8 Å². The van der Waals surface area contributed by atoms with Gasteiger partial charge in [0.1, 0.15) is 53.9 Å². The monoisotopic (exact) mass is 1130 g/mol. The van der Waals surface area contributed by atoms with Gasteiger partial charge in [-0.1, -0.05) is 19.7 Å². The number of benzene rings is 3. The van der Waals surface area contributed by atoms with Gasteiger partial charge in [-0.05, 0) is 150 Å². The topological polar surface area (TPSA) is 274 Å². The van der Waals surface area contributed by atoms with E-state index >= 15 is 0 Å². The summed E-state index contributed by atoms with van der Waals surface area (Å²) in [6.07, 6.45) is 10.1. The number of carbonyl (C=O) groups is 6. The van der Waals surface area contributed by atoms with Crippen molar-refractivity contribution in [1.82, 2.24) is 0 Å². The van der Waals surface area contributed by atoms with Gasteiger partial charge in [0.25, 0.3) is 0 Å². The summed E-state index contributed by atoms with van der Waals surface area (Å²) in [5.74, 6) is -1.22. The van der Waals surface area contributed by atoms with Crippen LogP contribution in [0.5, 0.6) is 17.2 Å². The molecule has 4 aliphatic heterocycles. The lowest BCUT2D eigenvalue weighted by Gasteiger charge is -2.17. The van der Waals surface area contributed by atoms with Crippen molar-refractivity contribution in [3.8, 4) is 17.2 Å². The maximum atomic E-state index is 12.9. The Hall–Kier alpha value is -7.14. The van der Waals surface area contributed by atoms with Crippen molar-refractivity contribution in [1.29, 1.82) is 0 Å². The lowest BCUT2D eigenvalue weighted by molar-refractivity contribution is -0.138. The van der Waals surface area contributed by atoms with E-state index in [0.717, 1.165) is 95.3 Å². The Bertz CT molecular complexity index is 2300. The van der Waals surface area contributed by atoms with E-state index < -0.39 is 66.5 Å².